The molecule has 15 heavy (non-hydrogen) atoms. The monoisotopic (exact) mass is 206 g/mol. The van der Waals surface area contributed by atoms with Crippen LogP contribution in [-0.2, 0) is 11.2 Å². The van der Waals surface area contributed by atoms with Gasteiger partial charge in [0.1, 0.15) is 0 Å². The fourth-order valence-corrected chi connectivity index (χ4v) is 1.36. The molecule has 1 aromatic rings. The summed E-state index contributed by atoms with van der Waals surface area (Å²) in [5, 5.41) is 18.0. The van der Waals surface area contributed by atoms with E-state index in [1.807, 2.05) is 30.3 Å². The molecule has 0 aliphatic carbocycles. The maximum absolute atomic E-state index is 10.7. The number of aliphatic hydroxyl groups excluding tert-OH is 1. The van der Waals surface area contributed by atoms with E-state index >= 15 is 0 Å². The van der Waals surface area contributed by atoms with Gasteiger partial charge in [0, 0.05) is 0 Å². The van der Waals surface area contributed by atoms with Gasteiger partial charge in [-0.25, -0.2) is 4.79 Å². The SMILES string of the molecule is C/C(O)=C(\CCc1ccccc1)C(=O)O. The highest BCUT2D eigenvalue weighted by Crippen LogP contribution is 2.12. The Hall–Kier alpha value is -1.77. The Morgan fingerprint density at radius 2 is 1.80 bits per heavy atom. The average Bonchev–Trinajstić information content (AvgIpc) is 2.18. The normalized spacial score (nSPS) is 12.1. The lowest BCUT2D eigenvalue weighted by Gasteiger charge is -2.03. The van der Waals surface area contributed by atoms with Crippen molar-refractivity contribution in [2.24, 2.45) is 0 Å². The third-order valence-electron chi connectivity index (χ3n) is 2.20. The molecule has 0 aliphatic heterocycles. The van der Waals surface area contributed by atoms with Crippen LogP contribution in [0.5, 0.6) is 0 Å². The van der Waals surface area contributed by atoms with Crippen LogP contribution < -0.4 is 0 Å². The van der Waals surface area contributed by atoms with Crippen molar-refractivity contribution in [3.8, 4) is 0 Å². The third kappa shape index (κ3) is 3.46. The standard InChI is InChI=1S/C12H14O3/c1-9(13)11(12(14)15)8-7-10-5-3-2-4-6-10/h2-6,13H,7-8H2,1H3,(H,14,15)/b11-9-. The largest absolute Gasteiger partial charge is 0.512 e. The molecular formula is C12H14O3. The number of aliphatic carboxylic acids is 1. The van der Waals surface area contributed by atoms with Gasteiger partial charge in [-0.15, -0.1) is 0 Å². The number of hydrogen-bond acceptors (Lipinski definition) is 2. The van der Waals surface area contributed by atoms with Crippen molar-refractivity contribution in [2.45, 2.75) is 19.8 Å². The lowest BCUT2D eigenvalue weighted by atomic mass is 10.0. The first-order chi connectivity index (χ1) is 7.11. The Labute approximate surface area is 88.7 Å². The second kappa shape index (κ2) is 5.20. The zero-order chi connectivity index (χ0) is 11.3. The van der Waals surface area contributed by atoms with Gasteiger partial charge in [0.2, 0.25) is 0 Å². The van der Waals surface area contributed by atoms with Gasteiger partial charge >= 0.3 is 5.97 Å². The van der Waals surface area contributed by atoms with Crippen LogP contribution in [0.1, 0.15) is 18.9 Å². The zero-order valence-corrected chi connectivity index (χ0v) is 8.60. The summed E-state index contributed by atoms with van der Waals surface area (Å²) in [6.45, 7) is 1.40. The number of rotatable bonds is 4. The average molecular weight is 206 g/mol. The van der Waals surface area contributed by atoms with Gasteiger partial charge in [-0.1, -0.05) is 30.3 Å². The summed E-state index contributed by atoms with van der Waals surface area (Å²) in [4.78, 5) is 10.7. The van der Waals surface area contributed by atoms with E-state index in [2.05, 4.69) is 0 Å². The van der Waals surface area contributed by atoms with Crippen LogP contribution in [0.4, 0.5) is 0 Å². The topological polar surface area (TPSA) is 57.5 Å². The summed E-state index contributed by atoms with van der Waals surface area (Å²) in [5.41, 5.74) is 1.15. The van der Waals surface area contributed by atoms with Crippen molar-refractivity contribution in [1.29, 1.82) is 0 Å². The Morgan fingerprint density at radius 1 is 1.20 bits per heavy atom. The zero-order valence-electron chi connectivity index (χ0n) is 8.60. The second-order valence-electron chi connectivity index (χ2n) is 3.35. The molecule has 0 aromatic heterocycles. The summed E-state index contributed by atoms with van der Waals surface area (Å²) in [6.07, 6.45) is 0.974. The van der Waals surface area contributed by atoms with E-state index in [-0.39, 0.29) is 11.3 Å². The highest BCUT2D eigenvalue weighted by atomic mass is 16.4. The number of allylic oxidation sites excluding steroid dienone is 1. The molecule has 0 radical (unpaired) electrons. The van der Waals surface area contributed by atoms with Gasteiger partial charge in [0.15, 0.2) is 0 Å². The molecule has 1 aromatic carbocycles. The van der Waals surface area contributed by atoms with Crippen LogP contribution >= 0.6 is 0 Å². The summed E-state index contributed by atoms with van der Waals surface area (Å²) in [7, 11) is 0. The number of carboxylic acid groups (broad SMARTS) is 1. The van der Waals surface area contributed by atoms with Crippen LogP contribution in [0.25, 0.3) is 0 Å². The lowest BCUT2D eigenvalue weighted by molar-refractivity contribution is -0.133. The third-order valence-corrected chi connectivity index (χ3v) is 2.20. The molecule has 0 unspecified atom stereocenters. The van der Waals surface area contributed by atoms with Gasteiger partial charge in [-0.05, 0) is 25.3 Å². The maximum atomic E-state index is 10.7. The van der Waals surface area contributed by atoms with Gasteiger partial charge in [0.25, 0.3) is 0 Å². The number of carbonyl (C=O) groups is 1. The summed E-state index contributed by atoms with van der Waals surface area (Å²) >= 11 is 0. The van der Waals surface area contributed by atoms with Crippen molar-refractivity contribution >= 4 is 5.97 Å². The highest BCUT2D eigenvalue weighted by Gasteiger charge is 2.10. The fraction of sp³-hybridized carbons (Fsp3) is 0.250. The molecule has 0 heterocycles. The maximum Gasteiger partial charge on any atom is 0.334 e. The van der Waals surface area contributed by atoms with E-state index in [1.165, 1.54) is 6.92 Å². The fourth-order valence-electron chi connectivity index (χ4n) is 1.36. The second-order valence-corrected chi connectivity index (χ2v) is 3.35. The van der Waals surface area contributed by atoms with Gasteiger partial charge in [0.05, 0.1) is 11.3 Å². The minimum Gasteiger partial charge on any atom is -0.512 e. The van der Waals surface area contributed by atoms with E-state index in [9.17, 15) is 4.79 Å². The van der Waals surface area contributed by atoms with E-state index in [1.54, 1.807) is 0 Å². The van der Waals surface area contributed by atoms with Crippen LogP contribution in [0.2, 0.25) is 0 Å². The smallest absolute Gasteiger partial charge is 0.334 e. The number of aryl methyl sites for hydroxylation is 1. The molecule has 0 saturated carbocycles. The first-order valence-electron chi connectivity index (χ1n) is 4.77. The number of benzene rings is 1. The van der Waals surface area contributed by atoms with E-state index in [4.69, 9.17) is 10.2 Å². The Kier molecular flexibility index (Phi) is 3.92. The lowest BCUT2D eigenvalue weighted by Crippen LogP contribution is -2.04. The Morgan fingerprint density at radius 3 is 2.27 bits per heavy atom. The molecule has 0 amide bonds. The number of aliphatic hydroxyl groups is 1. The van der Waals surface area contributed by atoms with Crippen molar-refractivity contribution in [3.05, 3.63) is 47.2 Å². The Balaban J connectivity index is 2.64. The minimum absolute atomic E-state index is 0.0823. The van der Waals surface area contributed by atoms with E-state index in [0.717, 1.165) is 5.56 Å². The van der Waals surface area contributed by atoms with Crippen molar-refractivity contribution in [2.75, 3.05) is 0 Å². The number of hydrogen-bond donors (Lipinski definition) is 2. The minimum atomic E-state index is -1.05. The molecule has 80 valence electrons. The molecule has 0 saturated heterocycles. The Bertz CT molecular complexity index is 362. The van der Waals surface area contributed by atoms with Crippen LogP contribution in [0.15, 0.2) is 41.7 Å². The first-order valence-corrected chi connectivity index (χ1v) is 4.77. The van der Waals surface area contributed by atoms with E-state index < -0.39 is 5.97 Å². The van der Waals surface area contributed by atoms with Gasteiger partial charge in [-0.3, -0.25) is 0 Å². The molecule has 3 heteroatoms. The molecule has 0 atom stereocenters. The summed E-state index contributed by atoms with van der Waals surface area (Å²) in [6, 6.07) is 9.60. The molecule has 0 aliphatic rings. The van der Waals surface area contributed by atoms with E-state index in [0.29, 0.717) is 12.8 Å². The summed E-state index contributed by atoms with van der Waals surface area (Å²) < 4.78 is 0. The number of carboxylic acids is 1. The van der Waals surface area contributed by atoms with Crippen molar-refractivity contribution in [3.63, 3.8) is 0 Å². The predicted molar refractivity (Wildman–Crippen MR) is 57.7 cm³/mol. The molecule has 3 nitrogen and oxygen atoms in total. The molecule has 0 spiro atoms. The molecular weight excluding hydrogens is 192 g/mol. The molecule has 2 N–H and O–H groups in total. The van der Waals surface area contributed by atoms with Crippen LogP contribution in [0, 0.1) is 0 Å². The van der Waals surface area contributed by atoms with Gasteiger partial charge < -0.3 is 10.2 Å². The molecule has 0 bridgehead atoms. The molecule has 1 rings (SSSR count). The van der Waals surface area contributed by atoms with Crippen LogP contribution in [-0.4, -0.2) is 16.2 Å². The highest BCUT2D eigenvalue weighted by molar-refractivity contribution is 5.86. The van der Waals surface area contributed by atoms with Crippen molar-refractivity contribution in [1.82, 2.24) is 0 Å². The van der Waals surface area contributed by atoms with Crippen molar-refractivity contribution < 1.29 is 15.0 Å². The molecule has 0 fully saturated rings. The first kappa shape index (κ1) is 11.3. The van der Waals surface area contributed by atoms with Crippen LogP contribution in [0.3, 0.4) is 0 Å². The van der Waals surface area contributed by atoms with Gasteiger partial charge in [-0.2, -0.15) is 0 Å². The predicted octanol–water partition coefficient (Wildman–Crippen LogP) is 2.54. The quantitative estimate of drug-likeness (QED) is 0.588. The summed E-state index contributed by atoms with van der Waals surface area (Å²) in [5.74, 6) is -1.16.